The van der Waals surface area contributed by atoms with E-state index in [2.05, 4.69) is 55.7 Å². The molecule has 2 aromatic carbocycles. The van der Waals surface area contributed by atoms with Gasteiger partial charge in [-0.3, -0.25) is 0 Å². The molecular formula is C24H23N2O+. The molecule has 0 N–H and O–H groups in total. The SMILES string of the molecule is Cc1ccc2c(oc3cc(CC(C)C)cc(C#N)c32)c1-c1cccc[n+]1C. The Labute approximate surface area is 159 Å². The fourth-order valence-corrected chi connectivity index (χ4v) is 3.90. The highest BCUT2D eigenvalue weighted by Crippen LogP contribution is 2.38. The average molecular weight is 355 g/mol. The summed E-state index contributed by atoms with van der Waals surface area (Å²) in [5.41, 5.74) is 6.83. The van der Waals surface area contributed by atoms with Crippen LogP contribution < -0.4 is 4.57 Å². The van der Waals surface area contributed by atoms with Crippen LogP contribution in [0.5, 0.6) is 0 Å². The van der Waals surface area contributed by atoms with Crippen molar-refractivity contribution in [2.24, 2.45) is 13.0 Å². The van der Waals surface area contributed by atoms with Crippen LogP contribution >= 0.6 is 0 Å². The molecule has 0 aliphatic rings. The highest BCUT2D eigenvalue weighted by atomic mass is 16.3. The predicted octanol–water partition coefficient (Wildman–Crippen LogP) is 5.46. The molecule has 0 aliphatic carbocycles. The van der Waals surface area contributed by atoms with Crippen molar-refractivity contribution in [1.29, 1.82) is 5.26 Å². The summed E-state index contributed by atoms with van der Waals surface area (Å²) >= 11 is 0. The van der Waals surface area contributed by atoms with Crippen molar-refractivity contribution in [2.45, 2.75) is 27.2 Å². The molecule has 2 aromatic heterocycles. The highest BCUT2D eigenvalue weighted by Gasteiger charge is 2.21. The van der Waals surface area contributed by atoms with Gasteiger partial charge in [0.25, 0.3) is 0 Å². The number of pyridine rings is 1. The first-order valence-electron chi connectivity index (χ1n) is 9.33. The molecule has 4 rings (SSSR count). The number of aryl methyl sites for hydroxylation is 2. The van der Waals surface area contributed by atoms with E-state index >= 15 is 0 Å². The number of benzene rings is 2. The molecule has 0 amide bonds. The van der Waals surface area contributed by atoms with Crippen LogP contribution in [0, 0.1) is 24.2 Å². The van der Waals surface area contributed by atoms with Gasteiger partial charge in [0, 0.05) is 22.9 Å². The fourth-order valence-electron chi connectivity index (χ4n) is 3.90. The van der Waals surface area contributed by atoms with Crippen molar-refractivity contribution in [3.8, 4) is 17.3 Å². The lowest BCUT2D eigenvalue weighted by Gasteiger charge is -2.05. The van der Waals surface area contributed by atoms with E-state index in [4.69, 9.17) is 4.42 Å². The Morgan fingerprint density at radius 2 is 1.96 bits per heavy atom. The summed E-state index contributed by atoms with van der Waals surface area (Å²) in [6.07, 6.45) is 2.97. The quantitative estimate of drug-likeness (QED) is 0.458. The number of aromatic nitrogens is 1. The van der Waals surface area contributed by atoms with E-state index in [0.717, 1.165) is 50.7 Å². The molecule has 0 spiro atoms. The summed E-state index contributed by atoms with van der Waals surface area (Å²) < 4.78 is 8.48. The zero-order valence-electron chi connectivity index (χ0n) is 16.2. The third-order valence-corrected chi connectivity index (χ3v) is 5.08. The summed E-state index contributed by atoms with van der Waals surface area (Å²) in [4.78, 5) is 0. The van der Waals surface area contributed by atoms with Gasteiger partial charge in [0.15, 0.2) is 6.20 Å². The first-order valence-corrected chi connectivity index (χ1v) is 9.33. The number of nitriles is 1. The summed E-state index contributed by atoms with van der Waals surface area (Å²) in [7, 11) is 2.04. The van der Waals surface area contributed by atoms with Crippen molar-refractivity contribution >= 4 is 21.9 Å². The predicted molar refractivity (Wildman–Crippen MR) is 108 cm³/mol. The first-order chi connectivity index (χ1) is 13.0. The molecule has 0 radical (unpaired) electrons. The molecular weight excluding hydrogens is 332 g/mol. The van der Waals surface area contributed by atoms with Crippen molar-refractivity contribution in [3.05, 3.63) is 65.4 Å². The Kier molecular flexibility index (Phi) is 4.20. The number of rotatable bonds is 3. The third kappa shape index (κ3) is 2.88. The number of furan rings is 1. The molecule has 3 heteroatoms. The number of hydrogen-bond donors (Lipinski definition) is 0. The summed E-state index contributed by atoms with van der Waals surface area (Å²) in [6.45, 7) is 6.47. The second kappa shape index (κ2) is 6.55. The second-order valence-electron chi connectivity index (χ2n) is 7.66. The van der Waals surface area contributed by atoms with E-state index in [0.29, 0.717) is 11.5 Å². The number of nitrogens with zero attached hydrogens (tertiary/aromatic N) is 2. The molecule has 0 atom stereocenters. The Morgan fingerprint density at radius 3 is 2.67 bits per heavy atom. The third-order valence-electron chi connectivity index (χ3n) is 5.08. The molecule has 0 saturated carbocycles. The molecule has 0 bridgehead atoms. The van der Waals surface area contributed by atoms with Crippen LogP contribution in [0.2, 0.25) is 0 Å². The van der Waals surface area contributed by atoms with Crippen molar-refractivity contribution in [1.82, 2.24) is 0 Å². The molecule has 0 saturated heterocycles. The van der Waals surface area contributed by atoms with Crippen LogP contribution in [0.15, 0.2) is 53.1 Å². The lowest BCUT2D eigenvalue weighted by molar-refractivity contribution is -0.660. The summed E-state index contributed by atoms with van der Waals surface area (Å²) in [5.74, 6) is 0.527. The molecule has 2 heterocycles. The van der Waals surface area contributed by atoms with Gasteiger partial charge in [0.1, 0.15) is 18.2 Å². The summed E-state index contributed by atoms with van der Waals surface area (Å²) in [5, 5.41) is 11.7. The van der Waals surface area contributed by atoms with Crippen LogP contribution in [0.1, 0.15) is 30.5 Å². The molecule has 4 aromatic rings. The standard InChI is InChI=1S/C24H23N2O/c1-15(2)11-17-12-18(14-25)23-19-9-8-16(3)22(24(19)27-21(23)13-17)20-7-5-6-10-26(20)4/h5-10,12-13,15H,11H2,1-4H3/q+1. The van der Waals surface area contributed by atoms with Gasteiger partial charge >= 0.3 is 0 Å². The molecule has 0 unspecified atom stereocenters. The van der Waals surface area contributed by atoms with Crippen molar-refractivity contribution in [3.63, 3.8) is 0 Å². The zero-order valence-corrected chi connectivity index (χ0v) is 16.2. The largest absolute Gasteiger partial charge is 0.455 e. The number of hydrogen-bond acceptors (Lipinski definition) is 2. The Morgan fingerprint density at radius 1 is 1.15 bits per heavy atom. The Hall–Kier alpha value is -3.12. The minimum Gasteiger partial charge on any atom is -0.455 e. The minimum absolute atomic E-state index is 0.527. The smallest absolute Gasteiger partial charge is 0.216 e. The van der Waals surface area contributed by atoms with E-state index < -0.39 is 0 Å². The van der Waals surface area contributed by atoms with Gasteiger partial charge in [-0.2, -0.15) is 5.26 Å². The monoisotopic (exact) mass is 355 g/mol. The van der Waals surface area contributed by atoms with Gasteiger partial charge in [-0.25, -0.2) is 4.57 Å². The maximum absolute atomic E-state index is 9.76. The van der Waals surface area contributed by atoms with Gasteiger partial charge in [-0.05, 0) is 48.6 Å². The molecule has 27 heavy (non-hydrogen) atoms. The molecule has 0 aliphatic heterocycles. The van der Waals surface area contributed by atoms with Crippen LogP contribution in [-0.2, 0) is 13.5 Å². The van der Waals surface area contributed by atoms with Crippen LogP contribution in [0.3, 0.4) is 0 Å². The highest BCUT2D eigenvalue weighted by molar-refractivity contribution is 6.12. The van der Waals surface area contributed by atoms with Crippen molar-refractivity contribution in [2.75, 3.05) is 0 Å². The van der Waals surface area contributed by atoms with Gasteiger partial charge in [0.05, 0.1) is 17.2 Å². The fraction of sp³-hybridized carbons (Fsp3) is 0.250. The zero-order chi connectivity index (χ0) is 19.1. The van der Waals surface area contributed by atoms with Crippen LogP contribution in [-0.4, -0.2) is 0 Å². The average Bonchev–Trinajstić information content (AvgIpc) is 2.99. The maximum atomic E-state index is 9.76. The van der Waals surface area contributed by atoms with E-state index in [1.165, 1.54) is 0 Å². The van der Waals surface area contributed by atoms with E-state index in [1.807, 2.05) is 31.4 Å². The van der Waals surface area contributed by atoms with E-state index in [9.17, 15) is 5.26 Å². The minimum atomic E-state index is 0.527. The Balaban J connectivity index is 2.09. The lowest BCUT2D eigenvalue weighted by atomic mass is 9.96. The van der Waals surface area contributed by atoms with Crippen LogP contribution in [0.4, 0.5) is 0 Å². The van der Waals surface area contributed by atoms with E-state index in [1.54, 1.807) is 0 Å². The van der Waals surface area contributed by atoms with Gasteiger partial charge in [-0.15, -0.1) is 0 Å². The van der Waals surface area contributed by atoms with Gasteiger partial charge < -0.3 is 4.42 Å². The molecule has 134 valence electrons. The second-order valence-corrected chi connectivity index (χ2v) is 7.66. The summed E-state index contributed by atoms with van der Waals surface area (Å²) in [6, 6.07) is 16.8. The molecule has 0 fully saturated rings. The van der Waals surface area contributed by atoms with Gasteiger partial charge in [0.2, 0.25) is 5.69 Å². The maximum Gasteiger partial charge on any atom is 0.216 e. The lowest BCUT2D eigenvalue weighted by Crippen LogP contribution is -2.30. The van der Waals surface area contributed by atoms with E-state index in [-0.39, 0.29) is 0 Å². The Bertz CT molecular complexity index is 1210. The normalized spacial score (nSPS) is 11.4. The topological polar surface area (TPSA) is 40.8 Å². The molecule has 3 nitrogen and oxygen atoms in total. The van der Waals surface area contributed by atoms with Crippen molar-refractivity contribution < 1.29 is 8.98 Å². The first kappa shape index (κ1) is 17.3. The van der Waals surface area contributed by atoms with Crippen LogP contribution in [0.25, 0.3) is 33.2 Å². The van der Waals surface area contributed by atoms with Gasteiger partial charge in [-0.1, -0.05) is 26.0 Å². The number of fused-ring (bicyclic) bond motifs is 3.